The molecule has 46 heavy (non-hydrogen) atoms. The maximum Gasteiger partial charge on any atom is 0.264 e. The van der Waals surface area contributed by atoms with Crippen LogP contribution in [0.4, 0.5) is 10.1 Å². The minimum absolute atomic E-state index is 0.100. The molecule has 242 valence electrons. The molecule has 0 unspecified atom stereocenters. The Labute approximate surface area is 280 Å². The van der Waals surface area contributed by atoms with Crippen molar-refractivity contribution in [3.8, 4) is 0 Å². The number of para-hydroxylation sites is 1. The van der Waals surface area contributed by atoms with Gasteiger partial charge in [-0.1, -0.05) is 96.4 Å². The van der Waals surface area contributed by atoms with E-state index in [4.69, 9.17) is 23.2 Å². The summed E-state index contributed by atoms with van der Waals surface area (Å²) in [6.07, 6.45) is 0.793. The van der Waals surface area contributed by atoms with Crippen LogP contribution in [0, 0.1) is 12.7 Å². The minimum Gasteiger partial charge on any atom is -0.352 e. The van der Waals surface area contributed by atoms with Gasteiger partial charge in [-0.3, -0.25) is 13.9 Å². The second-order valence-corrected chi connectivity index (χ2v) is 13.7. The first-order valence-corrected chi connectivity index (χ1v) is 17.0. The molecule has 2 atom stereocenters. The Morgan fingerprint density at radius 1 is 0.870 bits per heavy atom. The van der Waals surface area contributed by atoms with Gasteiger partial charge in [0.05, 0.1) is 20.6 Å². The van der Waals surface area contributed by atoms with Gasteiger partial charge in [0.2, 0.25) is 11.8 Å². The normalized spacial score (nSPS) is 12.7. The highest BCUT2D eigenvalue weighted by Crippen LogP contribution is 2.28. The van der Waals surface area contributed by atoms with E-state index in [1.54, 1.807) is 30.3 Å². The average Bonchev–Trinajstić information content (AvgIpc) is 3.04. The molecule has 0 spiro atoms. The number of sulfonamides is 1. The largest absolute Gasteiger partial charge is 0.352 e. The summed E-state index contributed by atoms with van der Waals surface area (Å²) >= 11 is 12.5. The SMILES string of the molecule is CC[C@@H](C)NC(=O)[C@@H](Cc1ccccc1)N(Cc1ccc(Cl)c(Cl)c1)C(=O)CN(c1ccccc1F)S(=O)(=O)c1ccc(C)cc1. The molecular formula is C35H36Cl2FN3O4S. The Kier molecular flexibility index (Phi) is 11.8. The van der Waals surface area contributed by atoms with Gasteiger partial charge in [0.15, 0.2) is 0 Å². The van der Waals surface area contributed by atoms with Gasteiger partial charge in [0.25, 0.3) is 10.0 Å². The molecule has 0 radical (unpaired) electrons. The monoisotopic (exact) mass is 683 g/mol. The number of nitrogens with zero attached hydrogens (tertiary/aromatic N) is 2. The van der Waals surface area contributed by atoms with Crippen molar-refractivity contribution in [2.45, 2.75) is 57.1 Å². The number of hydrogen-bond donors (Lipinski definition) is 1. The highest BCUT2D eigenvalue weighted by atomic mass is 35.5. The minimum atomic E-state index is -4.43. The van der Waals surface area contributed by atoms with Gasteiger partial charge in [-0.15, -0.1) is 0 Å². The average molecular weight is 685 g/mol. The zero-order valence-corrected chi connectivity index (χ0v) is 28.1. The molecule has 4 aromatic carbocycles. The van der Waals surface area contributed by atoms with Crippen LogP contribution in [0.5, 0.6) is 0 Å². The number of aryl methyl sites for hydroxylation is 1. The van der Waals surface area contributed by atoms with Gasteiger partial charge >= 0.3 is 0 Å². The Morgan fingerprint density at radius 2 is 1.52 bits per heavy atom. The van der Waals surface area contributed by atoms with Gasteiger partial charge in [-0.05, 0) is 67.8 Å². The van der Waals surface area contributed by atoms with Crippen molar-refractivity contribution in [1.82, 2.24) is 10.2 Å². The predicted molar refractivity (Wildman–Crippen MR) is 181 cm³/mol. The van der Waals surface area contributed by atoms with E-state index in [1.165, 1.54) is 35.2 Å². The number of anilines is 1. The lowest BCUT2D eigenvalue weighted by Gasteiger charge is -2.34. The summed E-state index contributed by atoms with van der Waals surface area (Å²) in [5.74, 6) is -1.95. The Bertz CT molecular complexity index is 1770. The number of benzene rings is 4. The third-order valence-electron chi connectivity index (χ3n) is 7.62. The van der Waals surface area contributed by atoms with Crippen molar-refractivity contribution in [2.24, 2.45) is 0 Å². The van der Waals surface area contributed by atoms with E-state index in [2.05, 4.69) is 5.32 Å². The quantitative estimate of drug-likeness (QED) is 0.162. The summed E-state index contributed by atoms with van der Waals surface area (Å²) in [5.41, 5.74) is 1.89. The first kappa shape index (κ1) is 34.9. The number of nitrogens with one attached hydrogen (secondary N) is 1. The fourth-order valence-corrected chi connectivity index (χ4v) is 6.58. The van der Waals surface area contributed by atoms with E-state index in [9.17, 15) is 18.0 Å². The van der Waals surface area contributed by atoms with Crippen molar-refractivity contribution in [3.05, 3.63) is 130 Å². The number of carbonyl (C=O) groups excluding carboxylic acids is 2. The van der Waals surface area contributed by atoms with Crippen LogP contribution in [0.2, 0.25) is 10.0 Å². The van der Waals surface area contributed by atoms with E-state index in [-0.39, 0.29) is 34.6 Å². The first-order chi connectivity index (χ1) is 21.9. The van der Waals surface area contributed by atoms with Crippen molar-refractivity contribution in [1.29, 1.82) is 0 Å². The van der Waals surface area contributed by atoms with Crippen LogP contribution in [-0.4, -0.2) is 43.8 Å². The third kappa shape index (κ3) is 8.66. The summed E-state index contributed by atoms with van der Waals surface area (Å²) in [6, 6.07) is 24.2. The molecular weight excluding hydrogens is 648 g/mol. The molecule has 0 bridgehead atoms. The third-order valence-corrected chi connectivity index (χ3v) is 10.1. The molecule has 0 heterocycles. The van der Waals surface area contributed by atoms with Gasteiger partial charge in [0, 0.05) is 19.0 Å². The fourth-order valence-electron chi connectivity index (χ4n) is 4.83. The molecule has 7 nitrogen and oxygen atoms in total. The summed E-state index contributed by atoms with van der Waals surface area (Å²) in [6.45, 7) is 4.72. The van der Waals surface area contributed by atoms with Crippen LogP contribution in [0.15, 0.2) is 102 Å². The molecule has 2 amide bonds. The van der Waals surface area contributed by atoms with Crippen LogP contribution in [0.3, 0.4) is 0 Å². The van der Waals surface area contributed by atoms with Crippen LogP contribution < -0.4 is 9.62 Å². The van der Waals surface area contributed by atoms with E-state index in [1.807, 2.05) is 51.1 Å². The fraction of sp³-hybridized carbons (Fsp3) is 0.257. The second kappa shape index (κ2) is 15.6. The lowest BCUT2D eigenvalue weighted by molar-refractivity contribution is -0.140. The molecule has 0 saturated carbocycles. The molecule has 0 saturated heterocycles. The summed E-state index contributed by atoms with van der Waals surface area (Å²) in [5, 5.41) is 3.54. The van der Waals surface area contributed by atoms with E-state index in [0.717, 1.165) is 21.5 Å². The van der Waals surface area contributed by atoms with Crippen molar-refractivity contribution < 1.29 is 22.4 Å². The lowest BCUT2D eigenvalue weighted by Crippen LogP contribution is -2.54. The molecule has 0 aliphatic heterocycles. The highest BCUT2D eigenvalue weighted by molar-refractivity contribution is 7.92. The van der Waals surface area contributed by atoms with Gasteiger partial charge in [-0.2, -0.15) is 0 Å². The molecule has 0 fully saturated rings. The van der Waals surface area contributed by atoms with Crippen LogP contribution in [0.1, 0.15) is 37.0 Å². The number of carbonyl (C=O) groups is 2. The van der Waals surface area contributed by atoms with E-state index in [0.29, 0.717) is 17.0 Å². The number of hydrogen-bond acceptors (Lipinski definition) is 4. The van der Waals surface area contributed by atoms with Crippen molar-refractivity contribution >= 4 is 50.7 Å². The topological polar surface area (TPSA) is 86.8 Å². The Hall–Kier alpha value is -3.92. The Morgan fingerprint density at radius 3 is 2.15 bits per heavy atom. The van der Waals surface area contributed by atoms with E-state index >= 15 is 4.39 Å². The molecule has 4 aromatic rings. The number of amides is 2. The Balaban J connectivity index is 1.83. The van der Waals surface area contributed by atoms with Crippen molar-refractivity contribution in [2.75, 3.05) is 10.8 Å². The molecule has 0 aliphatic carbocycles. The molecule has 4 rings (SSSR count). The predicted octanol–water partition coefficient (Wildman–Crippen LogP) is 7.19. The van der Waals surface area contributed by atoms with Crippen LogP contribution >= 0.6 is 23.2 Å². The smallest absolute Gasteiger partial charge is 0.264 e. The van der Waals surface area contributed by atoms with Crippen LogP contribution in [0.25, 0.3) is 0 Å². The zero-order valence-electron chi connectivity index (χ0n) is 25.8. The standard InChI is InChI=1S/C35H36Cl2FN3O4S/c1-4-25(3)39-35(43)33(21-26-10-6-5-7-11-26)40(22-27-16-19-29(36)30(37)20-27)34(42)23-41(32-13-9-8-12-31(32)38)46(44,45)28-17-14-24(2)15-18-28/h5-20,25,33H,4,21-23H2,1-3H3,(H,39,43)/t25-,33-/m1/s1. The summed E-state index contributed by atoms with van der Waals surface area (Å²) in [7, 11) is -4.43. The first-order valence-electron chi connectivity index (χ1n) is 14.8. The highest BCUT2D eigenvalue weighted by Gasteiger charge is 2.35. The number of halogens is 3. The summed E-state index contributed by atoms with van der Waals surface area (Å²) < 4.78 is 44.1. The van der Waals surface area contributed by atoms with E-state index < -0.39 is 40.2 Å². The maximum absolute atomic E-state index is 15.3. The van der Waals surface area contributed by atoms with Gasteiger partial charge in [-0.25, -0.2) is 12.8 Å². The van der Waals surface area contributed by atoms with Gasteiger partial charge in [0.1, 0.15) is 18.4 Å². The lowest BCUT2D eigenvalue weighted by atomic mass is 10.0. The molecule has 11 heteroatoms. The zero-order chi connectivity index (χ0) is 33.4. The molecule has 1 N–H and O–H groups in total. The van der Waals surface area contributed by atoms with Crippen LogP contribution in [-0.2, 0) is 32.6 Å². The van der Waals surface area contributed by atoms with Crippen molar-refractivity contribution in [3.63, 3.8) is 0 Å². The molecule has 0 aliphatic rings. The summed E-state index contributed by atoms with van der Waals surface area (Å²) in [4.78, 5) is 29.6. The number of rotatable bonds is 13. The maximum atomic E-state index is 15.3. The molecule has 0 aromatic heterocycles. The van der Waals surface area contributed by atoms with Gasteiger partial charge < -0.3 is 10.2 Å². The second-order valence-electron chi connectivity index (χ2n) is 11.1.